The van der Waals surface area contributed by atoms with Crippen LogP contribution >= 0.6 is 0 Å². The zero-order valence-corrected chi connectivity index (χ0v) is 35.8. The highest BCUT2D eigenvalue weighted by Gasteiger charge is 2.55. The molecule has 0 radical (unpaired) electrons. The van der Waals surface area contributed by atoms with Gasteiger partial charge >= 0.3 is 0 Å². The van der Waals surface area contributed by atoms with E-state index in [4.69, 9.17) is 0 Å². The second kappa shape index (κ2) is 13.8. The predicted octanol–water partition coefficient (Wildman–Crippen LogP) is 16.4. The van der Waals surface area contributed by atoms with Gasteiger partial charge < -0.3 is 9.80 Å². The van der Waals surface area contributed by atoms with Gasteiger partial charge in [0, 0.05) is 39.2 Å². The summed E-state index contributed by atoms with van der Waals surface area (Å²) in [5.41, 5.74) is 21.8. The lowest BCUT2D eigenvalue weighted by Gasteiger charge is -2.36. The Kier molecular flexibility index (Phi) is 7.90. The molecular formula is C62H44N2. The Morgan fingerprint density at radius 1 is 0.312 bits per heavy atom. The van der Waals surface area contributed by atoms with E-state index in [0.29, 0.717) is 0 Å². The van der Waals surface area contributed by atoms with Gasteiger partial charge in [-0.2, -0.15) is 0 Å². The molecule has 0 aromatic heterocycles. The fourth-order valence-corrected chi connectivity index (χ4v) is 11.9. The van der Waals surface area contributed by atoms with Crippen molar-refractivity contribution in [1.82, 2.24) is 0 Å². The minimum atomic E-state index is -0.648. The van der Waals surface area contributed by atoms with Gasteiger partial charge in [-0.05, 0) is 115 Å². The lowest BCUT2D eigenvalue weighted by Crippen LogP contribution is -2.28. The molecule has 2 nitrogen and oxygen atoms in total. The standard InChI is InChI=1S/C62H44N2/c1-61(2)49-33-17-14-30-46(49)58-52(61)36-20-38-54(58)64(44-27-10-5-11-28-44)55-39-21-37-53-59(55)48-32-16-19-35-51(48)62(53)50-34-18-15-31-47(50)57-45-29-13-12-22-41(45)40-56(60(57)62)63(42-23-6-3-7-24-42)43-25-8-4-9-26-43/h3-40H,1-2H3. The molecule has 0 aliphatic heterocycles. The highest BCUT2D eigenvalue weighted by molar-refractivity contribution is 6.12. The van der Waals surface area contributed by atoms with E-state index in [1.807, 2.05) is 0 Å². The van der Waals surface area contributed by atoms with E-state index in [9.17, 15) is 0 Å². The van der Waals surface area contributed by atoms with Crippen molar-refractivity contribution in [3.05, 3.63) is 264 Å². The fraction of sp³-hybridized carbons (Fsp3) is 0.0645. The Bertz CT molecular complexity index is 3440. The van der Waals surface area contributed by atoms with Gasteiger partial charge in [-0.1, -0.05) is 190 Å². The highest BCUT2D eigenvalue weighted by atomic mass is 15.2. The third-order valence-corrected chi connectivity index (χ3v) is 14.4. The maximum absolute atomic E-state index is 2.55. The van der Waals surface area contributed by atoms with Crippen molar-refractivity contribution in [3.63, 3.8) is 0 Å². The van der Waals surface area contributed by atoms with E-state index < -0.39 is 5.41 Å². The van der Waals surface area contributed by atoms with Crippen molar-refractivity contribution >= 4 is 44.9 Å². The molecule has 0 amide bonds. The average molecular weight is 817 g/mol. The molecule has 10 aromatic carbocycles. The molecule has 0 saturated heterocycles. The van der Waals surface area contributed by atoms with Crippen LogP contribution in [0.5, 0.6) is 0 Å². The lowest BCUT2D eigenvalue weighted by atomic mass is 9.69. The normalized spacial score (nSPS) is 15.5. The third kappa shape index (κ3) is 4.91. The molecule has 3 aliphatic rings. The highest BCUT2D eigenvalue weighted by Crippen LogP contribution is 2.68. The van der Waals surface area contributed by atoms with E-state index >= 15 is 0 Å². The van der Waals surface area contributed by atoms with E-state index in [1.165, 1.54) is 94.6 Å². The first kappa shape index (κ1) is 36.7. The molecule has 302 valence electrons. The van der Waals surface area contributed by atoms with E-state index in [0.717, 1.165) is 17.1 Å². The summed E-state index contributed by atoms with van der Waals surface area (Å²) < 4.78 is 0. The van der Waals surface area contributed by atoms with Crippen LogP contribution < -0.4 is 9.80 Å². The molecule has 3 aliphatic carbocycles. The fourth-order valence-electron chi connectivity index (χ4n) is 11.9. The first-order valence-electron chi connectivity index (χ1n) is 22.4. The van der Waals surface area contributed by atoms with Crippen LogP contribution in [0.15, 0.2) is 231 Å². The summed E-state index contributed by atoms with van der Waals surface area (Å²) in [5.74, 6) is 0. The summed E-state index contributed by atoms with van der Waals surface area (Å²) in [4.78, 5) is 5.04. The minimum absolute atomic E-state index is 0.139. The maximum Gasteiger partial charge on any atom is 0.0747 e. The Labute approximate surface area is 375 Å². The summed E-state index contributed by atoms with van der Waals surface area (Å²) in [7, 11) is 0. The van der Waals surface area contributed by atoms with Crippen molar-refractivity contribution in [2.45, 2.75) is 24.7 Å². The van der Waals surface area contributed by atoms with Crippen molar-refractivity contribution in [2.24, 2.45) is 0 Å². The SMILES string of the molecule is CC1(C)c2ccccc2-c2c(N(c3ccccc3)c3cccc4c3-c3ccccc3C43c4ccccc4-c4c3c(N(c3ccccc3)c3ccccc3)cc3ccccc43)cccc21. The van der Waals surface area contributed by atoms with Crippen LogP contribution in [0.25, 0.3) is 44.2 Å². The number of hydrogen-bond donors (Lipinski definition) is 0. The Hall–Kier alpha value is -7.94. The minimum Gasteiger partial charge on any atom is -0.310 e. The Balaban J connectivity index is 1.17. The Morgan fingerprint density at radius 2 is 0.734 bits per heavy atom. The molecule has 10 aromatic rings. The molecule has 13 rings (SSSR count). The smallest absolute Gasteiger partial charge is 0.0747 e. The van der Waals surface area contributed by atoms with Crippen LogP contribution in [0, 0.1) is 0 Å². The summed E-state index contributed by atoms with van der Waals surface area (Å²) in [6.45, 7) is 4.75. The lowest BCUT2D eigenvalue weighted by molar-refractivity contribution is 0.660. The molecule has 0 bridgehead atoms. The molecular weight excluding hydrogens is 773 g/mol. The first-order valence-corrected chi connectivity index (χ1v) is 22.4. The van der Waals surface area contributed by atoms with Crippen molar-refractivity contribution in [1.29, 1.82) is 0 Å². The summed E-state index contributed by atoms with van der Waals surface area (Å²) in [5, 5.41) is 2.48. The van der Waals surface area contributed by atoms with Crippen LogP contribution in [-0.4, -0.2) is 0 Å². The molecule has 0 heterocycles. The zero-order valence-electron chi connectivity index (χ0n) is 35.8. The summed E-state index contributed by atoms with van der Waals surface area (Å²) in [6.07, 6.45) is 0. The molecule has 0 N–H and O–H groups in total. The van der Waals surface area contributed by atoms with Gasteiger partial charge in [-0.15, -0.1) is 0 Å². The third-order valence-electron chi connectivity index (χ3n) is 14.4. The quantitative estimate of drug-likeness (QED) is 0.165. The Morgan fingerprint density at radius 3 is 1.33 bits per heavy atom. The van der Waals surface area contributed by atoms with Crippen LogP contribution in [0.1, 0.15) is 47.2 Å². The molecule has 64 heavy (non-hydrogen) atoms. The van der Waals surface area contributed by atoms with Crippen LogP contribution in [0.4, 0.5) is 34.1 Å². The van der Waals surface area contributed by atoms with Crippen LogP contribution in [0.2, 0.25) is 0 Å². The van der Waals surface area contributed by atoms with Gasteiger partial charge in [0.15, 0.2) is 0 Å². The number of anilines is 6. The molecule has 0 saturated carbocycles. The van der Waals surface area contributed by atoms with Gasteiger partial charge in [-0.25, -0.2) is 0 Å². The number of benzene rings is 10. The number of hydrogen-bond acceptors (Lipinski definition) is 2. The number of nitrogens with zero attached hydrogens (tertiary/aromatic N) is 2. The monoisotopic (exact) mass is 816 g/mol. The molecule has 2 heteroatoms. The summed E-state index contributed by atoms with van der Waals surface area (Å²) >= 11 is 0. The molecule has 0 fully saturated rings. The second-order valence-electron chi connectivity index (χ2n) is 18.0. The van der Waals surface area contributed by atoms with Crippen LogP contribution in [-0.2, 0) is 10.8 Å². The van der Waals surface area contributed by atoms with E-state index in [1.54, 1.807) is 0 Å². The van der Waals surface area contributed by atoms with Gasteiger partial charge in [0.1, 0.15) is 0 Å². The maximum atomic E-state index is 2.55. The van der Waals surface area contributed by atoms with Gasteiger partial charge in [-0.3, -0.25) is 0 Å². The predicted molar refractivity (Wildman–Crippen MR) is 267 cm³/mol. The van der Waals surface area contributed by atoms with Crippen molar-refractivity contribution in [3.8, 4) is 33.4 Å². The number of rotatable bonds is 6. The van der Waals surface area contributed by atoms with Crippen LogP contribution in [0.3, 0.4) is 0 Å². The largest absolute Gasteiger partial charge is 0.310 e. The van der Waals surface area contributed by atoms with E-state index in [2.05, 4.69) is 254 Å². The topological polar surface area (TPSA) is 6.48 Å². The second-order valence-corrected chi connectivity index (χ2v) is 18.0. The summed E-state index contributed by atoms with van der Waals surface area (Å²) in [6, 6.07) is 85.8. The molecule has 1 atom stereocenters. The van der Waals surface area contributed by atoms with Crippen molar-refractivity contribution < 1.29 is 0 Å². The van der Waals surface area contributed by atoms with Gasteiger partial charge in [0.2, 0.25) is 0 Å². The van der Waals surface area contributed by atoms with Crippen molar-refractivity contribution in [2.75, 3.05) is 9.80 Å². The van der Waals surface area contributed by atoms with Gasteiger partial charge in [0.05, 0.1) is 22.5 Å². The number of fused-ring (bicyclic) bond motifs is 15. The first-order chi connectivity index (χ1) is 31.6. The molecule has 1 unspecified atom stereocenters. The van der Waals surface area contributed by atoms with Gasteiger partial charge in [0.25, 0.3) is 0 Å². The zero-order chi connectivity index (χ0) is 42.6. The molecule has 1 spiro atoms. The average Bonchev–Trinajstić information content (AvgIpc) is 3.92. The van der Waals surface area contributed by atoms with E-state index in [-0.39, 0.29) is 5.41 Å². The number of para-hydroxylation sites is 3.